The topological polar surface area (TPSA) is 157 Å². The molecule has 0 aliphatic carbocycles. The van der Waals surface area contributed by atoms with E-state index in [0.29, 0.717) is 5.70 Å². The highest BCUT2D eigenvalue weighted by Crippen LogP contribution is 2.26. The van der Waals surface area contributed by atoms with E-state index in [4.69, 9.17) is 10.1 Å². The van der Waals surface area contributed by atoms with E-state index in [9.17, 15) is 23.6 Å². The predicted molar refractivity (Wildman–Crippen MR) is 149 cm³/mol. The lowest BCUT2D eigenvalue weighted by molar-refractivity contribution is 0.102. The van der Waals surface area contributed by atoms with Gasteiger partial charge in [0.2, 0.25) is 0 Å². The van der Waals surface area contributed by atoms with Gasteiger partial charge in [0.25, 0.3) is 11.5 Å². The highest BCUT2D eigenvalue weighted by atomic mass is 19.1. The highest BCUT2D eigenvalue weighted by molar-refractivity contribution is 6.03. The van der Waals surface area contributed by atoms with Crippen molar-refractivity contribution in [1.29, 1.82) is 5.41 Å². The van der Waals surface area contributed by atoms with Crippen molar-refractivity contribution >= 4 is 23.9 Å². The van der Waals surface area contributed by atoms with Crippen LogP contribution in [-0.2, 0) is 11.3 Å². The quantitative estimate of drug-likeness (QED) is 0.299. The third-order valence-electron chi connectivity index (χ3n) is 5.85. The molecule has 4 N–H and O–H groups in total. The molecular formula is C28H24F2N6O6. The molecule has 1 aromatic heterocycles. The molecule has 4 rings (SSSR count). The Morgan fingerprint density at radius 2 is 1.83 bits per heavy atom. The van der Waals surface area contributed by atoms with Crippen molar-refractivity contribution in [2.24, 2.45) is 0 Å². The summed E-state index contributed by atoms with van der Waals surface area (Å²) in [5.74, 6) is -2.56. The van der Waals surface area contributed by atoms with Crippen LogP contribution >= 0.6 is 0 Å². The van der Waals surface area contributed by atoms with Crippen molar-refractivity contribution in [1.82, 2.24) is 19.8 Å². The number of carbonyl (C=O) groups excluding carboxylic acids is 2. The van der Waals surface area contributed by atoms with Crippen LogP contribution in [0.2, 0.25) is 0 Å². The maximum absolute atomic E-state index is 15.1. The molecule has 1 aliphatic rings. The zero-order chi connectivity index (χ0) is 30.4. The van der Waals surface area contributed by atoms with Crippen LogP contribution < -0.4 is 31.9 Å². The minimum Gasteiger partial charge on any atom is -0.453 e. The van der Waals surface area contributed by atoms with Gasteiger partial charge in [0.1, 0.15) is 11.4 Å². The zero-order valence-electron chi connectivity index (χ0n) is 22.2. The lowest BCUT2D eigenvalue weighted by Crippen LogP contribution is -2.42. The van der Waals surface area contributed by atoms with Crippen LogP contribution in [0.4, 0.5) is 19.3 Å². The van der Waals surface area contributed by atoms with E-state index >= 15 is 4.39 Å². The molecule has 0 saturated heterocycles. The van der Waals surface area contributed by atoms with Gasteiger partial charge in [-0.3, -0.25) is 19.5 Å². The number of carbonyl (C=O) groups is 2. The Labute approximate surface area is 236 Å². The summed E-state index contributed by atoms with van der Waals surface area (Å²) in [6.07, 6.45) is 5.47. The summed E-state index contributed by atoms with van der Waals surface area (Å²) >= 11 is 0. The summed E-state index contributed by atoms with van der Waals surface area (Å²) in [5.41, 5.74) is -1.49. The molecule has 2 heterocycles. The zero-order valence-corrected chi connectivity index (χ0v) is 22.2. The second-order valence-corrected chi connectivity index (χ2v) is 8.55. The number of allylic oxidation sites excluding steroid dienone is 2. The summed E-state index contributed by atoms with van der Waals surface area (Å²) in [6.45, 7) is 1.77. The van der Waals surface area contributed by atoms with Crippen molar-refractivity contribution < 1.29 is 27.8 Å². The van der Waals surface area contributed by atoms with Gasteiger partial charge in [-0.1, -0.05) is 0 Å². The minimum absolute atomic E-state index is 0.0224. The Bertz CT molecular complexity index is 1770. The smallest absolute Gasteiger partial charge is 0.411 e. The molecule has 2 amide bonds. The molecule has 0 bridgehead atoms. The molecule has 2 aromatic carbocycles. The van der Waals surface area contributed by atoms with Gasteiger partial charge in [-0.25, -0.2) is 22.9 Å². The first kappa shape index (κ1) is 29.2. The first-order chi connectivity index (χ1) is 20.1. The van der Waals surface area contributed by atoms with Gasteiger partial charge in [-0.05, 0) is 49.4 Å². The average Bonchev–Trinajstić information content (AvgIpc) is 2.97. The molecule has 0 saturated carbocycles. The molecule has 0 fully saturated rings. The second kappa shape index (κ2) is 12.6. The van der Waals surface area contributed by atoms with E-state index in [0.717, 1.165) is 39.7 Å². The molecule has 42 heavy (non-hydrogen) atoms. The van der Waals surface area contributed by atoms with Crippen LogP contribution in [0.1, 0.15) is 17.3 Å². The summed E-state index contributed by atoms with van der Waals surface area (Å²) in [6, 6.07) is 8.13. The first-order valence-corrected chi connectivity index (χ1v) is 12.3. The Balaban J connectivity index is 1.60. The molecule has 14 heteroatoms. The lowest BCUT2D eigenvalue weighted by Gasteiger charge is -2.19. The standard InChI is InChI=1S/C28H24F2N6O6/c1-3-35-15-20(26(38)36(28(35)40)19-7-4-16(29)5-8-19)25(37)33-17-6-9-23(21(30)12-17)42-24-13-18(34-27(39)41-2)14-32-22(24)10-11-31/h4-15,31-32H,3H2,1-2H3,(H,33,37)(H,34,39)/b22-10-,31-11?. The number of rotatable bonds is 8. The van der Waals surface area contributed by atoms with E-state index in [2.05, 4.69) is 20.7 Å². The number of methoxy groups -OCH3 is 1. The third-order valence-corrected chi connectivity index (χ3v) is 5.85. The van der Waals surface area contributed by atoms with Gasteiger partial charge in [0.15, 0.2) is 17.3 Å². The Kier molecular flexibility index (Phi) is 8.75. The van der Waals surface area contributed by atoms with E-state index in [-0.39, 0.29) is 35.1 Å². The van der Waals surface area contributed by atoms with Gasteiger partial charge >= 0.3 is 11.8 Å². The highest BCUT2D eigenvalue weighted by Gasteiger charge is 2.20. The third kappa shape index (κ3) is 6.33. The number of hydrogen-bond donors (Lipinski definition) is 4. The molecule has 0 unspecified atom stereocenters. The number of benzene rings is 2. The van der Waals surface area contributed by atoms with Crippen molar-refractivity contribution in [3.8, 4) is 11.4 Å². The summed E-state index contributed by atoms with van der Waals surface area (Å²) in [5, 5.41) is 15.0. The first-order valence-electron chi connectivity index (χ1n) is 12.3. The number of aromatic nitrogens is 2. The van der Waals surface area contributed by atoms with E-state index in [1.54, 1.807) is 6.92 Å². The maximum atomic E-state index is 15.1. The molecule has 216 valence electrons. The van der Waals surface area contributed by atoms with Gasteiger partial charge < -0.3 is 25.5 Å². The minimum atomic E-state index is -0.944. The number of dihydropyridines is 1. The number of nitrogens with one attached hydrogen (secondary N) is 4. The van der Waals surface area contributed by atoms with Crippen LogP contribution in [-0.4, -0.2) is 34.5 Å². The van der Waals surface area contributed by atoms with Crippen LogP contribution in [0.15, 0.2) is 93.8 Å². The molecule has 1 aliphatic heterocycles. The number of alkyl carbamates (subject to hydrolysis) is 1. The van der Waals surface area contributed by atoms with Crippen molar-refractivity contribution in [2.45, 2.75) is 13.5 Å². The SMILES string of the molecule is CCn1cc(C(=O)Nc2ccc(OC3=CC(NC(=O)OC)=CN/C3=C\C=N)c(F)c2)c(=O)n(-c2ccc(F)cc2)c1=O. The van der Waals surface area contributed by atoms with E-state index in [1.807, 2.05) is 0 Å². The number of halogens is 2. The van der Waals surface area contributed by atoms with Crippen LogP contribution in [0, 0.1) is 17.0 Å². The number of hydrogen-bond acceptors (Lipinski definition) is 8. The monoisotopic (exact) mass is 578 g/mol. The van der Waals surface area contributed by atoms with Crippen LogP contribution in [0.3, 0.4) is 0 Å². The van der Waals surface area contributed by atoms with Gasteiger partial charge in [0.05, 0.1) is 24.2 Å². The molecular weight excluding hydrogens is 554 g/mol. The normalized spacial score (nSPS) is 13.4. The number of anilines is 1. The Morgan fingerprint density at radius 1 is 1.10 bits per heavy atom. The van der Waals surface area contributed by atoms with Crippen molar-refractivity contribution in [3.05, 3.63) is 122 Å². The molecule has 0 spiro atoms. The molecule has 0 atom stereocenters. The van der Waals surface area contributed by atoms with Crippen molar-refractivity contribution in [2.75, 3.05) is 12.4 Å². The Morgan fingerprint density at radius 3 is 2.48 bits per heavy atom. The molecule has 3 aromatic rings. The summed E-state index contributed by atoms with van der Waals surface area (Å²) in [7, 11) is 1.19. The fourth-order valence-electron chi connectivity index (χ4n) is 3.81. The summed E-state index contributed by atoms with van der Waals surface area (Å²) < 4.78 is 40.6. The maximum Gasteiger partial charge on any atom is 0.411 e. The molecule has 0 radical (unpaired) electrons. The molecule has 12 nitrogen and oxygen atoms in total. The fourth-order valence-corrected chi connectivity index (χ4v) is 3.81. The number of amides is 2. The number of ether oxygens (including phenoxy) is 2. The van der Waals surface area contributed by atoms with Gasteiger partial charge in [0, 0.05) is 43.0 Å². The number of nitrogens with zero attached hydrogens (tertiary/aromatic N) is 2. The van der Waals surface area contributed by atoms with E-state index in [1.165, 1.54) is 49.7 Å². The van der Waals surface area contributed by atoms with E-state index < -0.39 is 40.4 Å². The number of aryl methyl sites for hydroxylation is 1. The second-order valence-electron chi connectivity index (χ2n) is 8.55. The van der Waals surface area contributed by atoms with Crippen LogP contribution in [0.25, 0.3) is 5.69 Å². The fraction of sp³-hybridized carbons (Fsp3) is 0.107. The van der Waals surface area contributed by atoms with Crippen LogP contribution in [0.5, 0.6) is 5.75 Å². The van der Waals surface area contributed by atoms with Crippen molar-refractivity contribution in [3.63, 3.8) is 0 Å². The predicted octanol–water partition coefficient (Wildman–Crippen LogP) is 3.15. The largest absolute Gasteiger partial charge is 0.453 e. The average molecular weight is 579 g/mol. The van der Waals surface area contributed by atoms with Gasteiger partial charge in [-0.15, -0.1) is 0 Å². The Hall–Kier alpha value is -5.79. The summed E-state index contributed by atoms with van der Waals surface area (Å²) in [4.78, 5) is 50.6. The van der Waals surface area contributed by atoms with Gasteiger partial charge in [-0.2, -0.15) is 0 Å². The lowest BCUT2D eigenvalue weighted by atomic mass is 10.2.